The molecule has 0 spiro atoms. The van der Waals surface area contributed by atoms with Gasteiger partial charge in [0.2, 0.25) is 11.8 Å². The van der Waals surface area contributed by atoms with Crippen LogP contribution in [0.3, 0.4) is 0 Å². The van der Waals surface area contributed by atoms with Crippen LogP contribution in [0.1, 0.15) is 48.8 Å². The number of halogens is 2. The number of H-pyrrole nitrogens is 1. The molecule has 6 aromatic rings. The predicted molar refractivity (Wildman–Crippen MR) is 193 cm³/mol. The Morgan fingerprint density at radius 1 is 1.00 bits per heavy atom. The van der Waals surface area contributed by atoms with E-state index < -0.39 is 5.91 Å². The molecule has 0 saturated carbocycles. The lowest BCUT2D eigenvalue weighted by atomic mass is 9.99. The van der Waals surface area contributed by atoms with Crippen molar-refractivity contribution in [2.45, 2.75) is 38.8 Å². The summed E-state index contributed by atoms with van der Waals surface area (Å²) < 4.78 is 8.21. The van der Waals surface area contributed by atoms with Crippen LogP contribution in [0.4, 0.5) is 5.69 Å². The van der Waals surface area contributed by atoms with Gasteiger partial charge in [0, 0.05) is 51.7 Å². The number of benzene rings is 3. The number of aromatic nitrogens is 4. The van der Waals surface area contributed by atoms with Crippen LogP contribution in [0.5, 0.6) is 5.88 Å². The zero-order chi connectivity index (χ0) is 34.1. The van der Waals surface area contributed by atoms with Crippen LogP contribution in [-0.4, -0.2) is 55.4 Å². The van der Waals surface area contributed by atoms with Gasteiger partial charge in [-0.25, -0.2) is 9.97 Å². The largest absolute Gasteiger partial charge is 0.474 e. The third kappa shape index (κ3) is 6.51. The van der Waals surface area contributed by atoms with Gasteiger partial charge in [0.1, 0.15) is 18.0 Å². The first-order valence-electron chi connectivity index (χ1n) is 16.1. The molecular weight excluding hydrogens is 659 g/mol. The highest BCUT2D eigenvalue weighted by molar-refractivity contribution is 6.31. The van der Waals surface area contributed by atoms with E-state index in [1.807, 2.05) is 84.0 Å². The number of ether oxygens (including phenoxy) is 1. The van der Waals surface area contributed by atoms with Crippen LogP contribution in [0.25, 0.3) is 33.4 Å². The number of carbonyl (C=O) groups is 2. The van der Waals surface area contributed by atoms with Gasteiger partial charge in [0.05, 0.1) is 29.8 Å². The standard InChI is InChI=1S/C38H34Cl2N6O3/c1-23(25-12-14-27(39)15-13-25)46-22-42-34(26-8-4-3-5-9-26)36(46)33-30-17-16-28(40)20-32(30)43-35(33)37(48)44-31-11-6-18-41-38(31)49-21-29-10-7-19-45(29)24(2)47/h3-6,8-9,11-18,20,22-23,29,43H,7,10,19,21H2,1-2H3,(H,44,48)/t23-,29-/m0/s1. The second-order valence-corrected chi connectivity index (χ2v) is 13.0. The fraction of sp³-hybridized carbons (Fsp3) is 0.211. The maximum absolute atomic E-state index is 14.4. The molecule has 2 atom stereocenters. The summed E-state index contributed by atoms with van der Waals surface area (Å²) in [5.41, 5.74) is 5.54. The molecule has 0 unspecified atom stereocenters. The summed E-state index contributed by atoms with van der Waals surface area (Å²) in [6, 6.07) is 26.4. The number of pyridine rings is 1. The molecule has 9 nitrogen and oxygen atoms in total. The lowest BCUT2D eigenvalue weighted by Gasteiger charge is -2.23. The van der Waals surface area contributed by atoms with Gasteiger partial charge in [-0.2, -0.15) is 0 Å². The normalized spacial score (nSPS) is 15.0. The molecule has 0 bridgehead atoms. The van der Waals surface area contributed by atoms with Crippen LogP contribution in [0, 0.1) is 0 Å². The van der Waals surface area contributed by atoms with Crippen molar-refractivity contribution in [3.63, 3.8) is 0 Å². The molecule has 2 amide bonds. The van der Waals surface area contributed by atoms with E-state index in [0.29, 0.717) is 39.1 Å². The summed E-state index contributed by atoms with van der Waals surface area (Å²) in [6.07, 6.45) is 5.20. The summed E-state index contributed by atoms with van der Waals surface area (Å²) in [5.74, 6) is -0.0952. The maximum atomic E-state index is 14.4. The Hall–Kier alpha value is -5.12. The molecule has 248 valence electrons. The molecule has 1 aliphatic heterocycles. The second kappa shape index (κ2) is 13.8. The highest BCUT2D eigenvalue weighted by Crippen LogP contribution is 2.41. The van der Waals surface area contributed by atoms with Gasteiger partial charge >= 0.3 is 0 Å². The van der Waals surface area contributed by atoms with Crippen LogP contribution in [0.2, 0.25) is 10.0 Å². The molecule has 3 aromatic heterocycles. The van der Waals surface area contributed by atoms with Crippen LogP contribution in [-0.2, 0) is 4.79 Å². The van der Waals surface area contributed by atoms with E-state index in [1.54, 1.807) is 25.3 Å². The maximum Gasteiger partial charge on any atom is 0.272 e. The number of carbonyl (C=O) groups excluding carboxylic acids is 2. The van der Waals surface area contributed by atoms with E-state index in [4.69, 9.17) is 32.9 Å². The first kappa shape index (κ1) is 32.4. The van der Waals surface area contributed by atoms with Gasteiger partial charge in [-0.3, -0.25) is 9.59 Å². The smallest absolute Gasteiger partial charge is 0.272 e. The average molecular weight is 694 g/mol. The van der Waals surface area contributed by atoms with Gasteiger partial charge in [-0.05, 0) is 61.7 Å². The Bertz CT molecular complexity index is 2140. The molecular formula is C38H34Cl2N6O3. The zero-order valence-electron chi connectivity index (χ0n) is 27.0. The topological polar surface area (TPSA) is 105 Å². The summed E-state index contributed by atoms with van der Waals surface area (Å²) in [5, 5.41) is 5.04. The number of anilines is 1. The summed E-state index contributed by atoms with van der Waals surface area (Å²) in [6.45, 7) is 4.64. The van der Waals surface area contributed by atoms with Crippen LogP contribution >= 0.6 is 23.2 Å². The molecule has 0 radical (unpaired) electrons. The lowest BCUT2D eigenvalue weighted by molar-refractivity contribution is -0.130. The minimum absolute atomic E-state index is 0.0200. The molecule has 7 rings (SSSR count). The quantitative estimate of drug-likeness (QED) is 0.158. The number of hydrogen-bond donors (Lipinski definition) is 2. The second-order valence-electron chi connectivity index (χ2n) is 12.1. The molecule has 0 aliphatic carbocycles. The fourth-order valence-electron chi connectivity index (χ4n) is 6.58. The van der Waals surface area contributed by atoms with E-state index >= 15 is 0 Å². The van der Waals surface area contributed by atoms with Crippen molar-refractivity contribution in [2.75, 3.05) is 18.5 Å². The molecule has 11 heteroatoms. The fourth-order valence-corrected chi connectivity index (χ4v) is 6.88. The highest BCUT2D eigenvalue weighted by Gasteiger charge is 2.30. The van der Waals surface area contributed by atoms with Crippen molar-refractivity contribution in [3.05, 3.63) is 119 Å². The number of nitrogens with zero attached hydrogens (tertiary/aromatic N) is 4. The first-order valence-corrected chi connectivity index (χ1v) is 16.9. The summed E-state index contributed by atoms with van der Waals surface area (Å²) in [7, 11) is 0. The van der Waals surface area contributed by atoms with E-state index in [2.05, 4.69) is 26.8 Å². The molecule has 49 heavy (non-hydrogen) atoms. The third-order valence-corrected chi connectivity index (χ3v) is 9.54. The molecule has 2 N–H and O–H groups in total. The zero-order valence-corrected chi connectivity index (χ0v) is 28.5. The number of likely N-dealkylation sites (tertiary alicyclic amines) is 1. The van der Waals surface area contributed by atoms with Crippen molar-refractivity contribution in [2.24, 2.45) is 0 Å². The van der Waals surface area contributed by atoms with Gasteiger partial charge in [0.25, 0.3) is 5.91 Å². The minimum Gasteiger partial charge on any atom is -0.474 e. The number of aromatic amines is 1. The van der Waals surface area contributed by atoms with Crippen molar-refractivity contribution in [1.29, 1.82) is 0 Å². The molecule has 4 heterocycles. The third-order valence-electron chi connectivity index (χ3n) is 9.05. The number of nitrogens with one attached hydrogen (secondary N) is 2. The molecule has 1 aliphatic rings. The number of imidazole rings is 1. The Morgan fingerprint density at radius 2 is 1.78 bits per heavy atom. The van der Waals surface area contributed by atoms with E-state index in [0.717, 1.165) is 40.7 Å². The van der Waals surface area contributed by atoms with Crippen LogP contribution < -0.4 is 10.1 Å². The summed E-state index contributed by atoms with van der Waals surface area (Å²) >= 11 is 12.7. The van der Waals surface area contributed by atoms with Gasteiger partial charge in [-0.15, -0.1) is 0 Å². The average Bonchev–Trinajstić information content (AvgIpc) is 3.85. The van der Waals surface area contributed by atoms with Gasteiger partial charge in [0.15, 0.2) is 0 Å². The van der Waals surface area contributed by atoms with Gasteiger partial charge < -0.3 is 24.5 Å². The van der Waals surface area contributed by atoms with E-state index in [9.17, 15) is 9.59 Å². The first-order chi connectivity index (χ1) is 23.8. The van der Waals surface area contributed by atoms with Crippen LogP contribution in [0.15, 0.2) is 97.5 Å². The molecule has 1 fully saturated rings. The van der Waals surface area contributed by atoms with Crippen molar-refractivity contribution < 1.29 is 14.3 Å². The lowest BCUT2D eigenvalue weighted by Crippen LogP contribution is -2.37. The Kier molecular flexibility index (Phi) is 9.12. The number of hydrogen-bond acceptors (Lipinski definition) is 5. The Morgan fingerprint density at radius 3 is 2.55 bits per heavy atom. The Balaban J connectivity index is 1.32. The number of amides is 2. The van der Waals surface area contributed by atoms with E-state index in [-0.39, 0.29) is 30.5 Å². The summed E-state index contributed by atoms with van der Waals surface area (Å²) in [4.78, 5) is 41.0. The van der Waals surface area contributed by atoms with Gasteiger partial charge in [-0.1, -0.05) is 71.7 Å². The highest BCUT2D eigenvalue weighted by atomic mass is 35.5. The monoisotopic (exact) mass is 692 g/mol. The SMILES string of the molecule is CC(=O)N1CCC[C@H]1COc1ncccc1NC(=O)c1[nH]c2cc(Cl)ccc2c1-c1c(-c2ccccc2)ncn1[C@@H](C)c1ccc(Cl)cc1. The van der Waals surface area contributed by atoms with Crippen molar-refractivity contribution in [1.82, 2.24) is 24.4 Å². The number of fused-ring (bicyclic) bond motifs is 1. The Labute approximate surface area is 293 Å². The van der Waals surface area contributed by atoms with Crippen molar-refractivity contribution in [3.8, 4) is 28.4 Å². The minimum atomic E-state index is -0.391. The van der Waals surface area contributed by atoms with Crippen molar-refractivity contribution >= 4 is 51.6 Å². The van der Waals surface area contributed by atoms with E-state index in [1.165, 1.54) is 0 Å². The predicted octanol–water partition coefficient (Wildman–Crippen LogP) is 8.65. The number of rotatable bonds is 9. The molecule has 3 aromatic carbocycles. The molecule has 1 saturated heterocycles.